The molecule has 0 bridgehead atoms. The maximum atomic E-state index is 12.5. The number of carbonyl (C=O) groups is 1. The summed E-state index contributed by atoms with van der Waals surface area (Å²) >= 11 is 0. The van der Waals surface area contributed by atoms with E-state index in [-0.39, 0.29) is 5.91 Å². The highest BCUT2D eigenvalue weighted by molar-refractivity contribution is 7.95. The third-order valence-corrected chi connectivity index (χ3v) is 5.30. The number of benzene rings is 3. The average molecular weight is 407 g/mol. The minimum atomic E-state index is -3.66. The molecule has 6 heteroatoms. The topological polar surface area (TPSA) is 75.3 Å². The lowest BCUT2D eigenvalue weighted by Crippen LogP contribution is -2.13. The summed E-state index contributed by atoms with van der Waals surface area (Å²) < 4.78 is 26.9. The van der Waals surface area contributed by atoms with Crippen molar-refractivity contribution in [3.63, 3.8) is 0 Å². The first-order chi connectivity index (χ1) is 13.8. The number of amides is 1. The summed E-state index contributed by atoms with van der Waals surface area (Å²) in [5.41, 5.74) is 4.39. The van der Waals surface area contributed by atoms with Crippen LogP contribution in [-0.4, -0.2) is 14.3 Å². The van der Waals surface area contributed by atoms with Crippen molar-refractivity contribution in [1.82, 2.24) is 0 Å². The van der Waals surface area contributed by atoms with Crippen LogP contribution in [0.3, 0.4) is 0 Å². The maximum absolute atomic E-state index is 12.5. The van der Waals surface area contributed by atoms with Crippen molar-refractivity contribution in [2.24, 2.45) is 0 Å². The SMILES string of the molecule is Cc1ccc(C)c(NC(=O)c2ccc(NS(=O)(=O)/C=C/c3ccccc3)cc2)c1. The number of hydrogen-bond acceptors (Lipinski definition) is 3. The number of sulfonamides is 1. The Morgan fingerprint density at radius 3 is 2.28 bits per heavy atom. The van der Waals surface area contributed by atoms with Crippen LogP contribution < -0.4 is 10.0 Å². The molecular formula is C23H22N2O3S. The van der Waals surface area contributed by atoms with Crippen molar-refractivity contribution in [2.45, 2.75) is 13.8 Å². The predicted molar refractivity (Wildman–Crippen MR) is 118 cm³/mol. The van der Waals surface area contributed by atoms with E-state index in [1.807, 2.05) is 62.4 Å². The molecule has 5 nitrogen and oxygen atoms in total. The molecule has 0 radical (unpaired) electrons. The number of nitrogens with one attached hydrogen (secondary N) is 2. The van der Waals surface area contributed by atoms with E-state index in [0.717, 1.165) is 27.8 Å². The van der Waals surface area contributed by atoms with Gasteiger partial charge in [-0.25, -0.2) is 8.42 Å². The standard InChI is InChI=1S/C23H22N2O3S/c1-17-8-9-18(2)22(16-17)24-23(26)20-10-12-21(13-11-20)25-29(27,28)15-14-19-6-4-3-5-7-19/h3-16,25H,1-2H3,(H,24,26)/b15-14+. The monoisotopic (exact) mass is 406 g/mol. The quantitative estimate of drug-likeness (QED) is 0.607. The molecule has 1 amide bonds. The van der Waals surface area contributed by atoms with Gasteiger partial charge in [-0.2, -0.15) is 0 Å². The summed E-state index contributed by atoms with van der Waals surface area (Å²) in [6.45, 7) is 3.89. The third-order valence-electron chi connectivity index (χ3n) is 4.29. The van der Waals surface area contributed by atoms with Crippen molar-refractivity contribution in [2.75, 3.05) is 10.0 Å². The zero-order chi connectivity index (χ0) is 20.9. The van der Waals surface area contributed by atoms with Gasteiger partial charge in [0.1, 0.15) is 0 Å². The molecule has 0 fully saturated rings. The molecule has 0 aromatic heterocycles. The number of carbonyl (C=O) groups excluding carboxylic acids is 1. The number of rotatable bonds is 6. The zero-order valence-corrected chi connectivity index (χ0v) is 17.0. The van der Waals surface area contributed by atoms with Gasteiger partial charge in [0.25, 0.3) is 15.9 Å². The first kappa shape index (κ1) is 20.4. The van der Waals surface area contributed by atoms with Crippen LogP contribution in [-0.2, 0) is 10.0 Å². The first-order valence-electron chi connectivity index (χ1n) is 9.07. The van der Waals surface area contributed by atoms with Gasteiger partial charge in [-0.15, -0.1) is 0 Å². The fourth-order valence-electron chi connectivity index (χ4n) is 2.69. The third kappa shape index (κ3) is 5.80. The Labute approximate surface area is 171 Å². The van der Waals surface area contributed by atoms with Crippen molar-refractivity contribution in [1.29, 1.82) is 0 Å². The molecule has 0 aliphatic heterocycles. The van der Waals surface area contributed by atoms with Crippen LogP contribution in [0.15, 0.2) is 78.2 Å². The number of aryl methyl sites for hydroxylation is 2. The Balaban J connectivity index is 1.67. The summed E-state index contributed by atoms with van der Waals surface area (Å²) in [6, 6.07) is 21.3. The molecule has 2 N–H and O–H groups in total. The first-order valence-corrected chi connectivity index (χ1v) is 10.6. The minimum absolute atomic E-state index is 0.253. The van der Waals surface area contributed by atoms with Gasteiger partial charge in [0.15, 0.2) is 0 Å². The van der Waals surface area contributed by atoms with E-state index in [1.165, 1.54) is 6.08 Å². The molecule has 0 atom stereocenters. The Morgan fingerprint density at radius 1 is 0.897 bits per heavy atom. The van der Waals surface area contributed by atoms with Crippen molar-refractivity contribution >= 4 is 33.4 Å². The fraction of sp³-hybridized carbons (Fsp3) is 0.0870. The van der Waals surface area contributed by atoms with Gasteiger partial charge in [-0.05, 0) is 66.9 Å². The molecule has 0 unspecified atom stereocenters. The van der Waals surface area contributed by atoms with Crippen LogP contribution in [0.5, 0.6) is 0 Å². The van der Waals surface area contributed by atoms with Crippen LogP contribution in [0.25, 0.3) is 6.08 Å². The largest absolute Gasteiger partial charge is 0.322 e. The second kappa shape index (κ2) is 8.75. The lowest BCUT2D eigenvalue weighted by atomic mass is 10.1. The van der Waals surface area contributed by atoms with E-state index >= 15 is 0 Å². The van der Waals surface area contributed by atoms with Gasteiger partial charge in [0, 0.05) is 16.9 Å². The van der Waals surface area contributed by atoms with Gasteiger partial charge < -0.3 is 5.32 Å². The lowest BCUT2D eigenvalue weighted by molar-refractivity contribution is 0.102. The second-order valence-electron chi connectivity index (χ2n) is 6.71. The molecule has 0 saturated carbocycles. The number of anilines is 2. The molecule has 3 aromatic carbocycles. The molecule has 0 aliphatic rings. The molecule has 3 aromatic rings. The Kier molecular flexibility index (Phi) is 6.14. The maximum Gasteiger partial charge on any atom is 0.255 e. The minimum Gasteiger partial charge on any atom is -0.322 e. The zero-order valence-electron chi connectivity index (χ0n) is 16.2. The van der Waals surface area contributed by atoms with Crippen molar-refractivity contribution < 1.29 is 13.2 Å². The Morgan fingerprint density at radius 2 is 1.59 bits per heavy atom. The van der Waals surface area contributed by atoms with Crippen molar-refractivity contribution in [3.8, 4) is 0 Å². The van der Waals surface area contributed by atoms with Crippen LogP contribution in [0, 0.1) is 13.8 Å². The highest BCUT2D eigenvalue weighted by Gasteiger charge is 2.10. The van der Waals surface area contributed by atoms with Crippen molar-refractivity contribution in [3.05, 3.63) is 100 Å². The van der Waals surface area contributed by atoms with Crippen LogP contribution in [0.1, 0.15) is 27.0 Å². The molecular weight excluding hydrogens is 384 g/mol. The molecule has 0 spiro atoms. The Bertz CT molecular complexity index is 1140. The summed E-state index contributed by atoms with van der Waals surface area (Å²) in [7, 11) is -3.66. The van der Waals surface area contributed by atoms with E-state index < -0.39 is 10.0 Å². The molecule has 0 aliphatic carbocycles. The summed E-state index contributed by atoms with van der Waals surface area (Å²) in [4.78, 5) is 12.5. The van der Waals surface area contributed by atoms with Crippen LogP contribution in [0.2, 0.25) is 0 Å². The van der Waals surface area contributed by atoms with Crippen LogP contribution in [0.4, 0.5) is 11.4 Å². The summed E-state index contributed by atoms with van der Waals surface area (Å²) in [6.07, 6.45) is 1.52. The van der Waals surface area contributed by atoms with Crippen LogP contribution >= 0.6 is 0 Å². The van der Waals surface area contributed by atoms with Gasteiger partial charge >= 0.3 is 0 Å². The lowest BCUT2D eigenvalue weighted by Gasteiger charge is -2.10. The van der Waals surface area contributed by atoms with Gasteiger partial charge in [0.05, 0.1) is 5.41 Å². The fourth-order valence-corrected chi connectivity index (χ4v) is 3.55. The highest BCUT2D eigenvalue weighted by Crippen LogP contribution is 2.18. The normalized spacial score (nSPS) is 11.4. The molecule has 0 saturated heterocycles. The van der Waals surface area contributed by atoms with E-state index in [0.29, 0.717) is 11.3 Å². The number of hydrogen-bond donors (Lipinski definition) is 2. The Hall–Kier alpha value is -3.38. The van der Waals surface area contributed by atoms with E-state index in [1.54, 1.807) is 24.3 Å². The highest BCUT2D eigenvalue weighted by atomic mass is 32.2. The molecule has 148 valence electrons. The second-order valence-corrected chi connectivity index (χ2v) is 8.28. The molecule has 0 heterocycles. The van der Waals surface area contributed by atoms with Gasteiger partial charge in [-0.1, -0.05) is 42.5 Å². The van der Waals surface area contributed by atoms with E-state index in [9.17, 15) is 13.2 Å². The predicted octanol–water partition coefficient (Wildman–Crippen LogP) is 4.97. The molecule has 29 heavy (non-hydrogen) atoms. The molecule has 3 rings (SSSR count). The van der Waals surface area contributed by atoms with Gasteiger partial charge in [-0.3, -0.25) is 9.52 Å². The smallest absolute Gasteiger partial charge is 0.255 e. The van der Waals surface area contributed by atoms with Gasteiger partial charge in [0.2, 0.25) is 0 Å². The van der Waals surface area contributed by atoms with E-state index in [4.69, 9.17) is 0 Å². The van der Waals surface area contributed by atoms with E-state index in [2.05, 4.69) is 10.0 Å². The summed E-state index contributed by atoms with van der Waals surface area (Å²) in [5, 5.41) is 4.00. The summed E-state index contributed by atoms with van der Waals surface area (Å²) in [5.74, 6) is -0.253. The average Bonchev–Trinajstić information content (AvgIpc) is 2.70.